The average Bonchev–Trinajstić information content (AvgIpc) is 2.93. The van der Waals surface area contributed by atoms with Gasteiger partial charge in [-0.25, -0.2) is 4.98 Å². The molecule has 0 saturated heterocycles. The van der Waals surface area contributed by atoms with Crippen molar-refractivity contribution in [3.8, 4) is 5.88 Å². The van der Waals surface area contributed by atoms with Gasteiger partial charge in [-0.15, -0.1) is 0 Å². The SMILES string of the molecule is Brc1cnn(Cc2ccc(OCC3=CCCC=C3)nc2)c1. The lowest BCUT2D eigenvalue weighted by molar-refractivity contribution is 0.340. The summed E-state index contributed by atoms with van der Waals surface area (Å²) in [4.78, 5) is 4.34. The first kappa shape index (κ1) is 14.1. The summed E-state index contributed by atoms with van der Waals surface area (Å²) in [5.74, 6) is 0.653. The molecular formula is C16H16BrN3O. The van der Waals surface area contributed by atoms with Gasteiger partial charge in [-0.3, -0.25) is 4.68 Å². The van der Waals surface area contributed by atoms with Gasteiger partial charge < -0.3 is 4.74 Å². The third-order valence-corrected chi connectivity index (χ3v) is 3.61. The van der Waals surface area contributed by atoms with Gasteiger partial charge in [0.15, 0.2) is 0 Å². The smallest absolute Gasteiger partial charge is 0.213 e. The first-order chi connectivity index (χ1) is 10.3. The van der Waals surface area contributed by atoms with Crippen molar-refractivity contribution in [1.82, 2.24) is 14.8 Å². The predicted molar refractivity (Wildman–Crippen MR) is 85.2 cm³/mol. The minimum absolute atomic E-state index is 0.578. The lowest BCUT2D eigenvalue weighted by atomic mass is 10.1. The maximum atomic E-state index is 5.69. The highest BCUT2D eigenvalue weighted by Gasteiger charge is 2.02. The van der Waals surface area contributed by atoms with Crippen LogP contribution < -0.4 is 4.74 Å². The first-order valence-electron chi connectivity index (χ1n) is 6.91. The predicted octanol–water partition coefficient (Wildman–Crippen LogP) is 3.74. The van der Waals surface area contributed by atoms with Gasteiger partial charge in [-0.05, 0) is 39.9 Å². The molecule has 4 nitrogen and oxygen atoms in total. The molecule has 1 aliphatic carbocycles. The van der Waals surface area contributed by atoms with Crippen molar-refractivity contribution in [3.05, 3.63) is 64.6 Å². The van der Waals surface area contributed by atoms with Crippen LogP contribution in [0.25, 0.3) is 0 Å². The van der Waals surface area contributed by atoms with Crippen molar-refractivity contribution in [3.63, 3.8) is 0 Å². The Hall–Kier alpha value is -1.88. The number of rotatable bonds is 5. The lowest BCUT2D eigenvalue weighted by Gasteiger charge is -2.09. The minimum atomic E-state index is 0.578. The fourth-order valence-electron chi connectivity index (χ4n) is 2.13. The molecule has 0 radical (unpaired) electrons. The van der Waals surface area contributed by atoms with Crippen molar-refractivity contribution in [2.24, 2.45) is 0 Å². The van der Waals surface area contributed by atoms with Crippen LogP contribution in [0.2, 0.25) is 0 Å². The van der Waals surface area contributed by atoms with Gasteiger partial charge >= 0.3 is 0 Å². The van der Waals surface area contributed by atoms with Crippen LogP contribution in [0, 0.1) is 0 Å². The van der Waals surface area contributed by atoms with Crippen molar-refractivity contribution in [1.29, 1.82) is 0 Å². The zero-order valence-corrected chi connectivity index (χ0v) is 13.2. The second kappa shape index (κ2) is 6.72. The van der Waals surface area contributed by atoms with E-state index < -0.39 is 0 Å². The molecule has 2 aromatic rings. The number of nitrogens with zero attached hydrogens (tertiary/aromatic N) is 3. The Morgan fingerprint density at radius 2 is 2.19 bits per heavy atom. The zero-order valence-electron chi connectivity index (χ0n) is 11.6. The van der Waals surface area contributed by atoms with Crippen LogP contribution in [0.4, 0.5) is 0 Å². The van der Waals surface area contributed by atoms with E-state index >= 15 is 0 Å². The van der Waals surface area contributed by atoms with E-state index in [0.717, 1.165) is 22.9 Å². The maximum absolute atomic E-state index is 5.69. The van der Waals surface area contributed by atoms with Crippen LogP contribution in [0.1, 0.15) is 18.4 Å². The molecule has 108 valence electrons. The third-order valence-electron chi connectivity index (χ3n) is 3.20. The second-order valence-corrected chi connectivity index (χ2v) is 5.82. The van der Waals surface area contributed by atoms with E-state index in [1.807, 2.05) is 29.2 Å². The van der Waals surface area contributed by atoms with Crippen molar-refractivity contribution in [2.45, 2.75) is 19.4 Å². The summed E-state index contributed by atoms with van der Waals surface area (Å²) < 4.78 is 8.53. The summed E-state index contributed by atoms with van der Waals surface area (Å²) in [5, 5.41) is 4.23. The van der Waals surface area contributed by atoms with E-state index in [1.165, 1.54) is 5.57 Å². The van der Waals surface area contributed by atoms with Crippen LogP contribution >= 0.6 is 15.9 Å². The number of hydrogen-bond donors (Lipinski definition) is 0. The highest BCUT2D eigenvalue weighted by atomic mass is 79.9. The molecule has 0 unspecified atom stereocenters. The number of pyridine rings is 1. The van der Waals surface area contributed by atoms with Gasteiger partial charge in [0.05, 0.1) is 17.2 Å². The highest BCUT2D eigenvalue weighted by Crippen LogP contribution is 2.14. The quantitative estimate of drug-likeness (QED) is 0.828. The van der Waals surface area contributed by atoms with Crippen LogP contribution in [0.15, 0.2) is 59.0 Å². The summed E-state index contributed by atoms with van der Waals surface area (Å²) in [6.07, 6.45) is 14.3. The molecule has 0 N–H and O–H groups in total. The van der Waals surface area contributed by atoms with E-state index in [1.54, 1.807) is 6.20 Å². The standard InChI is InChI=1S/C16H16BrN3O/c17-15-9-19-20(11-15)10-14-6-7-16(18-8-14)21-12-13-4-2-1-3-5-13/h2,4-9,11H,1,3,10,12H2. The maximum Gasteiger partial charge on any atom is 0.213 e. The number of halogens is 1. The molecule has 0 bridgehead atoms. The number of aromatic nitrogens is 3. The summed E-state index contributed by atoms with van der Waals surface area (Å²) in [6.45, 7) is 1.28. The average molecular weight is 346 g/mol. The fraction of sp³-hybridized carbons (Fsp3) is 0.250. The lowest BCUT2D eigenvalue weighted by Crippen LogP contribution is -2.04. The first-order valence-corrected chi connectivity index (χ1v) is 7.70. The molecule has 2 aromatic heterocycles. The second-order valence-electron chi connectivity index (χ2n) is 4.91. The monoisotopic (exact) mass is 345 g/mol. The number of ether oxygens (including phenoxy) is 1. The van der Waals surface area contributed by atoms with Gasteiger partial charge in [0.1, 0.15) is 6.61 Å². The van der Waals surface area contributed by atoms with Gasteiger partial charge in [-0.1, -0.05) is 24.3 Å². The molecule has 21 heavy (non-hydrogen) atoms. The van der Waals surface area contributed by atoms with Crippen LogP contribution in [-0.2, 0) is 6.54 Å². The van der Waals surface area contributed by atoms with E-state index in [0.29, 0.717) is 19.0 Å². The molecular weight excluding hydrogens is 330 g/mol. The molecule has 5 heteroatoms. The third kappa shape index (κ3) is 4.04. The summed E-state index contributed by atoms with van der Waals surface area (Å²) in [6, 6.07) is 3.92. The van der Waals surface area contributed by atoms with E-state index in [9.17, 15) is 0 Å². The molecule has 1 aliphatic rings. The molecule has 0 aliphatic heterocycles. The number of hydrogen-bond acceptors (Lipinski definition) is 3. The Bertz CT molecular complexity index is 658. The minimum Gasteiger partial charge on any atom is -0.473 e. The van der Waals surface area contributed by atoms with Crippen LogP contribution in [-0.4, -0.2) is 21.4 Å². The largest absolute Gasteiger partial charge is 0.473 e. The van der Waals surface area contributed by atoms with Gasteiger partial charge in [0, 0.05) is 18.5 Å². The Kier molecular flexibility index (Phi) is 4.50. The molecule has 0 saturated carbocycles. The molecule has 3 rings (SSSR count). The van der Waals surface area contributed by atoms with Crippen molar-refractivity contribution >= 4 is 15.9 Å². The molecule has 0 spiro atoms. The van der Waals surface area contributed by atoms with Crippen LogP contribution in [0.3, 0.4) is 0 Å². The van der Waals surface area contributed by atoms with E-state index in [2.05, 4.69) is 44.2 Å². The molecule has 2 heterocycles. The van der Waals surface area contributed by atoms with Gasteiger partial charge in [0.2, 0.25) is 5.88 Å². The molecule has 0 aromatic carbocycles. The topological polar surface area (TPSA) is 39.9 Å². The number of allylic oxidation sites excluding steroid dienone is 2. The Balaban J connectivity index is 1.56. The van der Waals surface area contributed by atoms with Gasteiger partial charge in [-0.2, -0.15) is 5.10 Å². The summed E-state index contributed by atoms with van der Waals surface area (Å²) >= 11 is 3.39. The summed E-state index contributed by atoms with van der Waals surface area (Å²) in [7, 11) is 0. The van der Waals surface area contributed by atoms with Crippen molar-refractivity contribution < 1.29 is 4.74 Å². The van der Waals surface area contributed by atoms with Crippen molar-refractivity contribution in [2.75, 3.05) is 6.61 Å². The molecule has 0 fully saturated rings. The zero-order chi connectivity index (χ0) is 14.5. The normalized spacial score (nSPS) is 14.0. The van der Waals surface area contributed by atoms with Crippen LogP contribution in [0.5, 0.6) is 5.88 Å². The molecule has 0 amide bonds. The van der Waals surface area contributed by atoms with E-state index in [-0.39, 0.29) is 0 Å². The Labute approximate surface area is 132 Å². The summed E-state index contributed by atoms with van der Waals surface area (Å²) in [5.41, 5.74) is 2.31. The Morgan fingerprint density at radius 1 is 1.24 bits per heavy atom. The Morgan fingerprint density at radius 3 is 2.86 bits per heavy atom. The fourth-order valence-corrected chi connectivity index (χ4v) is 2.46. The highest BCUT2D eigenvalue weighted by molar-refractivity contribution is 9.10. The van der Waals surface area contributed by atoms with E-state index in [4.69, 9.17) is 4.74 Å². The molecule has 0 atom stereocenters. The van der Waals surface area contributed by atoms with Gasteiger partial charge in [0.25, 0.3) is 0 Å².